The van der Waals surface area contributed by atoms with Gasteiger partial charge in [0.1, 0.15) is 5.15 Å². The predicted molar refractivity (Wildman–Crippen MR) is 58.2 cm³/mol. The van der Waals surface area contributed by atoms with Gasteiger partial charge in [-0.1, -0.05) is 27.5 Å². The molecule has 0 unspecified atom stereocenters. The second-order valence-electron chi connectivity index (χ2n) is 2.78. The minimum absolute atomic E-state index is 0.0857. The fraction of sp³-hybridized carbons (Fsp3) is 0.333. The van der Waals surface area contributed by atoms with Crippen molar-refractivity contribution in [1.82, 2.24) is 4.98 Å². The number of halogens is 4. The zero-order valence-corrected chi connectivity index (χ0v) is 10.5. The Morgan fingerprint density at radius 3 is 2.75 bits per heavy atom. The van der Waals surface area contributed by atoms with Gasteiger partial charge in [0.15, 0.2) is 0 Å². The highest BCUT2D eigenvalue weighted by Gasteiger charge is 2.24. The number of nitrogens with zero attached hydrogens (tertiary/aromatic N) is 1. The van der Waals surface area contributed by atoms with Crippen LogP contribution in [0.5, 0.6) is 0 Å². The van der Waals surface area contributed by atoms with Gasteiger partial charge in [-0.15, -0.1) is 0 Å². The summed E-state index contributed by atoms with van der Waals surface area (Å²) in [5.41, 5.74) is -0.574. The summed E-state index contributed by atoms with van der Waals surface area (Å²) in [6, 6.07) is 0.963. The van der Waals surface area contributed by atoms with E-state index >= 15 is 0 Å². The summed E-state index contributed by atoms with van der Waals surface area (Å²) in [6.45, 7) is 0. The van der Waals surface area contributed by atoms with Crippen LogP contribution in [-0.4, -0.2) is 18.1 Å². The molecule has 1 aromatic rings. The Morgan fingerprint density at radius 1 is 1.69 bits per heavy atom. The summed E-state index contributed by atoms with van der Waals surface area (Å²) >= 11 is 8.62. The van der Waals surface area contributed by atoms with Gasteiger partial charge in [0.2, 0.25) is 0 Å². The molecule has 0 fully saturated rings. The summed E-state index contributed by atoms with van der Waals surface area (Å²) in [5, 5.41) is 0.0509. The zero-order chi connectivity index (χ0) is 12.3. The van der Waals surface area contributed by atoms with Gasteiger partial charge in [0.05, 0.1) is 18.4 Å². The van der Waals surface area contributed by atoms with Crippen molar-refractivity contribution in [3.63, 3.8) is 0 Å². The van der Waals surface area contributed by atoms with E-state index in [0.717, 1.165) is 13.2 Å². The fourth-order valence-corrected chi connectivity index (χ4v) is 1.82. The molecule has 7 heteroatoms. The summed E-state index contributed by atoms with van der Waals surface area (Å²) in [5.74, 6) is -0.853. The van der Waals surface area contributed by atoms with Crippen LogP contribution in [-0.2, 0) is 10.1 Å². The van der Waals surface area contributed by atoms with Gasteiger partial charge in [-0.05, 0) is 6.07 Å². The lowest BCUT2D eigenvalue weighted by atomic mass is 10.1. The Bertz CT molecular complexity index is 415. The molecule has 1 rings (SSSR count). The highest BCUT2D eigenvalue weighted by molar-refractivity contribution is 9.08. The molecular weight excluding hydrogens is 307 g/mol. The number of pyridine rings is 1. The number of hydrogen-bond donors (Lipinski definition) is 0. The second kappa shape index (κ2) is 5.54. The van der Waals surface area contributed by atoms with Crippen molar-refractivity contribution in [2.45, 2.75) is 11.8 Å². The second-order valence-corrected chi connectivity index (χ2v) is 3.73. The quantitative estimate of drug-likeness (QED) is 0.488. The number of carbonyl (C=O) groups is 1. The number of ether oxygens (including phenoxy) is 1. The topological polar surface area (TPSA) is 39.2 Å². The number of hydrogen-bond acceptors (Lipinski definition) is 3. The lowest BCUT2D eigenvalue weighted by molar-refractivity contribution is 0.0587. The van der Waals surface area contributed by atoms with Crippen LogP contribution in [0.1, 0.15) is 28.0 Å². The van der Waals surface area contributed by atoms with Gasteiger partial charge >= 0.3 is 5.97 Å². The largest absolute Gasteiger partial charge is 0.465 e. The number of alkyl halides is 3. The van der Waals surface area contributed by atoms with Gasteiger partial charge < -0.3 is 4.74 Å². The molecule has 0 amide bonds. The van der Waals surface area contributed by atoms with Crippen molar-refractivity contribution in [3.8, 4) is 0 Å². The van der Waals surface area contributed by atoms with E-state index in [1.54, 1.807) is 0 Å². The maximum Gasteiger partial charge on any atom is 0.340 e. The first-order valence-corrected chi connectivity index (χ1v) is 5.63. The van der Waals surface area contributed by atoms with Gasteiger partial charge in [-0.3, -0.25) is 0 Å². The Labute approximate surface area is 104 Å². The molecule has 16 heavy (non-hydrogen) atoms. The molecule has 1 aromatic heterocycles. The Balaban J connectivity index is 3.45. The van der Waals surface area contributed by atoms with Crippen LogP contribution in [0, 0.1) is 0 Å². The van der Waals surface area contributed by atoms with Crippen LogP contribution >= 0.6 is 27.5 Å². The molecule has 0 aliphatic carbocycles. The molecule has 1 heterocycles. The first-order valence-electron chi connectivity index (χ1n) is 4.13. The van der Waals surface area contributed by atoms with E-state index in [9.17, 15) is 13.6 Å². The molecule has 0 bridgehead atoms. The molecule has 3 nitrogen and oxygen atoms in total. The Morgan fingerprint density at radius 2 is 2.31 bits per heavy atom. The number of carbonyl (C=O) groups excluding carboxylic acids is 1. The smallest absolute Gasteiger partial charge is 0.340 e. The van der Waals surface area contributed by atoms with E-state index in [2.05, 4.69) is 25.7 Å². The minimum Gasteiger partial charge on any atom is -0.465 e. The van der Waals surface area contributed by atoms with Crippen molar-refractivity contribution in [1.29, 1.82) is 0 Å². The number of esters is 1. The third-order valence-corrected chi connectivity index (χ3v) is 2.57. The average molecular weight is 315 g/mol. The first-order chi connectivity index (χ1) is 7.51. The number of methoxy groups -OCH3 is 1. The third-order valence-electron chi connectivity index (χ3n) is 1.84. The molecule has 0 aliphatic rings. The SMILES string of the molecule is COC(=O)c1c(C(F)F)cc(Cl)nc1CBr. The standard InChI is InChI=1S/C9H7BrClF2NO2/c1-16-9(15)7-4(8(12)13)2-6(11)14-5(7)3-10/h2,8H,3H2,1H3. The van der Waals surface area contributed by atoms with Gasteiger partial charge in [0.25, 0.3) is 6.43 Å². The maximum atomic E-state index is 12.7. The van der Waals surface area contributed by atoms with Crippen molar-refractivity contribution < 1.29 is 18.3 Å². The summed E-state index contributed by atoms with van der Waals surface area (Å²) < 4.78 is 29.9. The van der Waals surface area contributed by atoms with Gasteiger partial charge in [-0.2, -0.15) is 0 Å². The van der Waals surface area contributed by atoms with Crippen LogP contribution in [0.25, 0.3) is 0 Å². The Hall–Kier alpha value is -0.750. The molecule has 0 atom stereocenters. The normalized spacial score (nSPS) is 10.6. The highest BCUT2D eigenvalue weighted by Crippen LogP contribution is 2.28. The molecule has 0 saturated carbocycles. The lowest BCUT2D eigenvalue weighted by Gasteiger charge is -2.10. The van der Waals surface area contributed by atoms with Crippen molar-refractivity contribution in [2.24, 2.45) is 0 Å². The Kier molecular flexibility index (Phi) is 4.61. The summed E-state index contributed by atoms with van der Waals surface area (Å²) in [7, 11) is 1.12. The molecule has 0 saturated heterocycles. The number of rotatable bonds is 3. The van der Waals surface area contributed by atoms with Crippen LogP contribution in [0.3, 0.4) is 0 Å². The molecule has 0 aromatic carbocycles. The zero-order valence-electron chi connectivity index (χ0n) is 8.14. The van der Waals surface area contributed by atoms with E-state index in [4.69, 9.17) is 11.6 Å². The van der Waals surface area contributed by atoms with Crippen molar-refractivity contribution >= 4 is 33.5 Å². The van der Waals surface area contributed by atoms with E-state index in [0.29, 0.717) is 0 Å². The molecule has 88 valence electrons. The van der Waals surface area contributed by atoms with Crippen LogP contribution in [0.4, 0.5) is 8.78 Å². The predicted octanol–water partition coefficient (Wildman–Crippen LogP) is 3.35. The molecular formula is C9H7BrClF2NO2. The van der Waals surface area contributed by atoms with Gasteiger partial charge in [-0.25, -0.2) is 18.6 Å². The first kappa shape index (κ1) is 13.3. The van der Waals surface area contributed by atoms with E-state index < -0.39 is 18.0 Å². The maximum absolute atomic E-state index is 12.7. The average Bonchev–Trinajstić information content (AvgIpc) is 2.26. The molecule has 0 radical (unpaired) electrons. The monoisotopic (exact) mass is 313 g/mol. The molecule has 0 spiro atoms. The summed E-state index contributed by atoms with van der Waals surface area (Å²) in [6.07, 6.45) is -2.81. The fourth-order valence-electron chi connectivity index (χ4n) is 1.19. The van der Waals surface area contributed by atoms with Crippen molar-refractivity contribution in [2.75, 3.05) is 7.11 Å². The molecule has 0 aliphatic heterocycles. The van der Waals surface area contributed by atoms with E-state index in [-0.39, 0.29) is 21.7 Å². The third kappa shape index (κ3) is 2.68. The van der Waals surface area contributed by atoms with Crippen LogP contribution in [0.2, 0.25) is 5.15 Å². The van der Waals surface area contributed by atoms with Crippen LogP contribution < -0.4 is 0 Å². The van der Waals surface area contributed by atoms with E-state index in [1.165, 1.54) is 0 Å². The summed E-state index contributed by atoms with van der Waals surface area (Å²) in [4.78, 5) is 15.2. The van der Waals surface area contributed by atoms with Gasteiger partial charge in [0, 0.05) is 10.9 Å². The van der Waals surface area contributed by atoms with E-state index in [1.807, 2.05) is 0 Å². The highest BCUT2D eigenvalue weighted by atomic mass is 79.9. The molecule has 0 N–H and O–H groups in total. The van der Waals surface area contributed by atoms with Crippen molar-refractivity contribution in [3.05, 3.63) is 28.0 Å². The minimum atomic E-state index is -2.81. The number of aromatic nitrogens is 1. The lowest BCUT2D eigenvalue weighted by Crippen LogP contribution is -2.11. The van der Waals surface area contributed by atoms with Crippen LogP contribution in [0.15, 0.2) is 6.07 Å².